The Morgan fingerprint density at radius 3 is 2.40 bits per heavy atom. The number of hydrogen-bond donors (Lipinski definition) is 2. The van der Waals surface area contributed by atoms with E-state index in [-0.39, 0.29) is 36.1 Å². The highest BCUT2D eigenvalue weighted by atomic mass is 16.6. The van der Waals surface area contributed by atoms with E-state index >= 15 is 0 Å². The van der Waals surface area contributed by atoms with Crippen molar-refractivity contribution in [2.75, 3.05) is 37.5 Å². The van der Waals surface area contributed by atoms with E-state index in [1.54, 1.807) is 28.9 Å². The average Bonchev–Trinajstić information content (AvgIpc) is 3.57. The van der Waals surface area contributed by atoms with Gasteiger partial charge in [0.15, 0.2) is 11.6 Å². The first-order valence-corrected chi connectivity index (χ1v) is 11.4. The van der Waals surface area contributed by atoms with Crippen LogP contribution in [0.4, 0.5) is 16.2 Å². The summed E-state index contributed by atoms with van der Waals surface area (Å²) in [6.07, 6.45) is -0.613. The van der Waals surface area contributed by atoms with E-state index in [2.05, 4.69) is 26.2 Å². The van der Waals surface area contributed by atoms with Gasteiger partial charge in [-0.05, 0) is 65.9 Å². The van der Waals surface area contributed by atoms with Gasteiger partial charge >= 0.3 is 6.03 Å². The number of amides is 2. The summed E-state index contributed by atoms with van der Waals surface area (Å²) in [7, 11) is 3.98. The summed E-state index contributed by atoms with van der Waals surface area (Å²) in [6.45, 7) is 2.19. The van der Waals surface area contributed by atoms with Crippen LogP contribution in [0.2, 0.25) is 0 Å². The number of ketones is 1. The largest absolute Gasteiger partial charge is 0.378 e. The molecule has 0 unspecified atom stereocenters. The lowest BCUT2D eigenvalue weighted by Gasteiger charge is -2.18. The van der Waals surface area contributed by atoms with Crippen LogP contribution in [-0.2, 0) is 9.47 Å². The molecule has 3 aromatic rings. The molecule has 2 aliphatic rings. The number of rotatable bonds is 6. The molecule has 35 heavy (non-hydrogen) atoms. The van der Waals surface area contributed by atoms with E-state index in [9.17, 15) is 9.59 Å². The Hall–Kier alpha value is -3.83. The summed E-state index contributed by atoms with van der Waals surface area (Å²) in [5, 5.41) is 18.0. The Morgan fingerprint density at radius 1 is 1.00 bits per heavy atom. The van der Waals surface area contributed by atoms with Crippen molar-refractivity contribution in [3.8, 4) is 11.4 Å². The van der Waals surface area contributed by atoms with Crippen molar-refractivity contribution in [2.24, 2.45) is 0 Å². The number of fused-ring (bicyclic) bond motifs is 1. The van der Waals surface area contributed by atoms with Gasteiger partial charge in [-0.2, -0.15) is 0 Å². The first-order valence-electron chi connectivity index (χ1n) is 11.4. The molecule has 11 heteroatoms. The molecule has 2 fully saturated rings. The smallest absolute Gasteiger partial charge is 0.319 e. The molecule has 3 heterocycles. The van der Waals surface area contributed by atoms with Crippen LogP contribution in [0, 0.1) is 0 Å². The Morgan fingerprint density at radius 2 is 1.71 bits per heavy atom. The van der Waals surface area contributed by atoms with E-state index in [1.807, 2.05) is 43.3 Å². The molecule has 0 aliphatic carbocycles. The zero-order valence-corrected chi connectivity index (χ0v) is 19.7. The van der Waals surface area contributed by atoms with Crippen molar-refractivity contribution in [1.29, 1.82) is 0 Å². The Bertz CT molecular complexity index is 1210. The third-order valence-electron chi connectivity index (χ3n) is 6.34. The van der Waals surface area contributed by atoms with Crippen LogP contribution in [0.25, 0.3) is 11.4 Å². The van der Waals surface area contributed by atoms with Gasteiger partial charge in [0.05, 0.1) is 19.3 Å². The topological polar surface area (TPSA) is 124 Å². The number of nitrogens with one attached hydrogen (secondary N) is 2. The maximum Gasteiger partial charge on any atom is 0.319 e. The molecular formula is C24H27N7O4. The number of urea groups is 1. The third kappa shape index (κ3) is 4.60. The first kappa shape index (κ1) is 22.9. The highest BCUT2D eigenvalue weighted by Gasteiger charge is 2.50. The van der Waals surface area contributed by atoms with E-state index in [0.29, 0.717) is 30.3 Å². The van der Waals surface area contributed by atoms with Gasteiger partial charge in [0, 0.05) is 36.6 Å². The molecule has 4 atom stereocenters. The van der Waals surface area contributed by atoms with Crippen LogP contribution in [-0.4, -0.2) is 77.6 Å². The summed E-state index contributed by atoms with van der Waals surface area (Å²) in [5.74, 6) is 0.607. The summed E-state index contributed by atoms with van der Waals surface area (Å²) < 4.78 is 13.8. The van der Waals surface area contributed by atoms with Gasteiger partial charge in [0.1, 0.15) is 18.2 Å². The lowest BCUT2D eigenvalue weighted by atomic mass is 10.1. The summed E-state index contributed by atoms with van der Waals surface area (Å²) in [5.41, 5.74) is 3.15. The minimum absolute atomic E-state index is 0.0283. The maximum absolute atomic E-state index is 12.6. The van der Waals surface area contributed by atoms with Crippen molar-refractivity contribution in [3.63, 3.8) is 0 Å². The molecule has 2 N–H and O–H groups in total. The number of benzene rings is 2. The van der Waals surface area contributed by atoms with Crippen LogP contribution in [0.3, 0.4) is 0 Å². The predicted octanol–water partition coefficient (Wildman–Crippen LogP) is 2.14. The number of carbonyl (C=O) groups is 2. The molecule has 1 aromatic heterocycles. The van der Waals surface area contributed by atoms with E-state index in [1.165, 1.54) is 6.92 Å². The predicted molar refractivity (Wildman–Crippen MR) is 128 cm³/mol. The minimum atomic E-state index is -0.369. The van der Waals surface area contributed by atoms with Crippen molar-refractivity contribution in [1.82, 2.24) is 25.5 Å². The van der Waals surface area contributed by atoms with Crippen LogP contribution < -0.4 is 15.5 Å². The fourth-order valence-electron chi connectivity index (χ4n) is 4.45. The number of aromatic nitrogens is 4. The molecule has 2 aliphatic heterocycles. The second-order valence-electron chi connectivity index (χ2n) is 8.89. The minimum Gasteiger partial charge on any atom is -0.378 e. The van der Waals surface area contributed by atoms with Crippen LogP contribution in [0.5, 0.6) is 0 Å². The number of anilines is 2. The molecule has 182 valence electrons. The van der Waals surface area contributed by atoms with Crippen molar-refractivity contribution in [3.05, 3.63) is 54.1 Å². The molecule has 0 spiro atoms. The molecule has 2 amide bonds. The van der Waals surface area contributed by atoms with E-state index < -0.39 is 0 Å². The average molecular weight is 478 g/mol. The molecule has 11 nitrogen and oxygen atoms in total. The summed E-state index contributed by atoms with van der Waals surface area (Å²) in [4.78, 5) is 26.0. The maximum atomic E-state index is 12.6. The number of hydrogen-bond acceptors (Lipinski definition) is 8. The molecule has 0 saturated carbocycles. The van der Waals surface area contributed by atoms with Gasteiger partial charge in [-0.25, -0.2) is 9.48 Å². The second kappa shape index (κ2) is 9.43. The van der Waals surface area contributed by atoms with Gasteiger partial charge in [-0.1, -0.05) is 0 Å². The number of carbonyl (C=O) groups excluding carboxylic acids is 2. The Balaban J connectivity index is 1.24. The van der Waals surface area contributed by atoms with Crippen molar-refractivity contribution < 1.29 is 19.1 Å². The van der Waals surface area contributed by atoms with Crippen LogP contribution in [0.15, 0.2) is 48.5 Å². The molecule has 2 saturated heterocycles. The monoisotopic (exact) mass is 477 g/mol. The normalized spacial score (nSPS) is 23.1. The van der Waals surface area contributed by atoms with E-state index in [4.69, 9.17) is 9.47 Å². The van der Waals surface area contributed by atoms with Gasteiger partial charge in [-0.15, -0.1) is 5.10 Å². The lowest BCUT2D eigenvalue weighted by Crippen LogP contribution is -2.45. The standard InChI is InChI=1S/C24H27N7O4/c1-14(32)15-4-8-17(9-5-15)25-24(33)26-19-12-34-22-20(13-35-21(19)22)31-23(27-28-29-31)16-6-10-18(11-7-16)30(2)3/h4-11,19-22H,12-13H2,1-3H3,(H2,25,26,33)/t19-,20+,21-,22+/m1/s1. The van der Waals surface area contributed by atoms with Gasteiger partial charge in [0.2, 0.25) is 0 Å². The number of Topliss-reactive ketones (excluding diaryl/α,β-unsaturated/α-hetero) is 1. The zero-order valence-electron chi connectivity index (χ0n) is 19.7. The Labute approximate surface area is 202 Å². The molecule has 2 aromatic carbocycles. The van der Waals surface area contributed by atoms with Gasteiger partial charge < -0.3 is 25.0 Å². The van der Waals surface area contributed by atoms with Gasteiger partial charge in [0.25, 0.3) is 0 Å². The number of nitrogens with zero attached hydrogens (tertiary/aromatic N) is 5. The quantitative estimate of drug-likeness (QED) is 0.518. The first-order chi connectivity index (χ1) is 16.9. The van der Waals surface area contributed by atoms with E-state index in [0.717, 1.165) is 11.3 Å². The lowest BCUT2D eigenvalue weighted by molar-refractivity contribution is 0.0624. The Kier molecular flexibility index (Phi) is 6.18. The fourth-order valence-corrected chi connectivity index (χ4v) is 4.45. The molecular weight excluding hydrogens is 450 g/mol. The third-order valence-corrected chi connectivity index (χ3v) is 6.34. The highest BCUT2D eigenvalue weighted by Crippen LogP contribution is 2.36. The molecule has 0 bridgehead atoms. The van der Waals surface area contributed by atoms with Crippen LogP contribution >= 0.6 is 0 Å². The van der Waals surface area contributed by atoms with Crippen molar-refractivity contribution >= 4 is 23.2 Å². The summed E-state index contributed by atoms with van der Waals surface area (Å²) >= 11 is 0. The summed E-state index contributed by atoms with van der Waals surface area (Å²) in [6, 6.07) is 13.8. The molecule has 5 rings (SSSR count). The number of tetrazole rings is 1. The highest BCUT2D eigenvalue weighted by molar-refractivity contribution is 5.95. The van der Waals surface area contributed by atoms with Crippen LogP contribution in [0.1, 0.15) is 23.3 Å². The van der Waals surface area contributed by atoms with Gasteiger partial charge in [-0.3, -0.25) is 4.79 Å². The number of ether oxygens (including phenoxy) is 2. The van der Waals surface area contributed by atoms with Crippen molar-refractivity contribution in [2.45, 2.75) is 31.2 Å². The molecule has 0 radical (unpaired) electrons. The fraction of sp³-hybridized carbons (Fsp3) is 0.375. The SMILES string of the molecule is CC(=O)c1ccc(NC(=O)N[C@@H]2CO[C@@H]3[C@@H]2OC[C@@H]3n2nnnc2-c2ccc(N(C)C)cc2)cc1. The second-order valence-corrected chi connectivity index (χ2v) is 8.89. The zero-order chi connectivity index (χ0) is 24.5.